The second kappa shape index (κ2) is 6.05. The third-order valence-corrected chi connectivity index (χ3v) is 3.11. The molecule has 5 heteroatoms. The van der Waals surface area contributed by atoms with Crippen molar-refractivity contribution < 1.29 is 9.90 Å². The van der Waals surface area contributed by atoms with Crippen molar-refractivity contribution in [3.63, 3.8) is 0 Å². The van der Waals surface area contributed by atoms with Gasteiger partial charge in [-0.15, -0.1) is 0 Å². The maximum absolute atomic E-state index is 11.0. The van der Waals surface area contributed by atoms with Crippen molar-refractivity contribution in [2.45, 2.75) is 44.2 Å². The van der Waals surface area contributed by atoms with Crippen molar-refractivity contribution in [1.29, 1.82) is 0 Å². The molecule has 1 aliphatic rings. The molecule has 1 aliphatic carbocycles. The summed E-state index contributed by atoms with van der Waals surface area (Å²) in [6, 6.07) is 0.198. The molecule has 0 heterocycles. The van der Waals surface area contributed by atoms with Gasteiger partial charge in [0.15, 0.2) is 0 Å². The Morgan fingerprint density at radius 1 is 1.53 bits per heavy atom. The molecule has 1 amide bonds. The third kappa shape index (κ3) is 3.77. The predicted octanol–water partition coefficient (Wildman–Crippen LogP) is -0.398. The molecule has 2 atom stereocenters. The highest BCUT2D eigenvalue weighted by Gasteiger charge is 2.26. The first-order valence-corrected chi connectivity index (χ1v) is 5.53. The van der Waals surface area contributed by atoms with E-state index in [0.29, 0.717) is 13.0 Å². The van der Waals surface area contributed by atoms with Gasteiger partial charge in [0.05, 0.1) is 6.10 Å². The summed E-state index contributed by atoms with van der Waals surface area (Å²) < 4.78 is 0. The Balaban J connectivity index is 2.31. The summed E-state index contributed by atoms with van der Waals surface area (Å²) in [4.78, 5) is 13.0. The number of aliphatic hydroxyl groups is 1. The van der Waals surface area contributed by atoms with Gasteiger partial charge in [0.25, 0.3) is 0 Å². The number of nitrogens with one attached hydrogen (secondary N) is 1. The Labute approximate surface area is 90.6 Å². The Hall–Kier alpha value is -0.650. The zero-order valence-electron chi connectivity index (χ0n) is 9.28. The first kappa shape index (κ1) is 12.4. The summed E-state index contributed by atoms with van der Waals surface area (Å²) >= 11 is 0. The molecule has 0 aromatic carbocycles. The predicted molar refractivity (Wildman–Crippen MR) is 57.8 cm³/mol. The number of hydrogen-bond donors (Lipinski definition) is 3. The summed E-state index contributed by atoms with van der Waals surface area (Å²) in [6.07, 6.45) is 4.30. The average Bonchev–Trinajstić information content (AvgIpc) is 2.26. The highest BCUT2D eigenvalue weighted by Crippen LogP contribution is 2.22. The number of nitrogens with two attached hydrogens (primary N) is 1. The van der Waals surface area contributed by atoms with Crippen LogP contribution in [0.5, 0.6) is 0 Å². The molecule has 0 aromatic rings. The van der Waals surface area contributed by atoms with E-state index in [-0.39, 0.29) is 18.1 Å². The lowest BCUT2D eigenvalue weighted by molar-refractivity contribution is -0.121. The molecule has 5 nitrogen and oxygen atoms in total. The van der Waals surface area contributed by atoms with Gasteiger partial charge in [0.1, 0.15) is 0 Å². The monoisotopic (exact) mass is 215 g/mol. The summed E-state index contributed by atoms with van der Waals surface area (Å²) in [6.45, 7) is 0.644. The number of rotatable bonds is 4. The molecule has 1 saturated carbocycles. The molecule has 0 bridgehead atoms. The molecule has 1 fully saturated rings. The van der Waals surface area contributed by atoms with Crippen LogP contribution in [-0.2, 0) is 4.79 Å². The highest BCUT2D eigenvalue weighted by molar-refractivity contribution is 5.75. The number of amides is 1. The van der Waals surface area contributed by atoms with Crippen LogP contribution >= 0.6 is 0 Å². The van der Waals surface area contributed by atoms with Crippen LogP contribution in [0.1, 0.15) is 32.1 Å². The average molecular weight is 215 g/mol. The fourth-order valence-corrected chi connectivity index (χ4v) is 2.12. The van der Waals surface area contributed by atoms with E-state index in [9.17, 15) is 9.90 Å². The van der Waals surface area contributed by atoms with Crippen LogP contribution < -0.4 is 11.3 Å². The largest absolute Gasteiger partial charge is 0.391 e. The SMILES string of the molecule is CN(CCC(=O)NN)C1CCCCC1O. The molecule has 0 spiro atoms. The van der Waals surface area contributed by atoms with Crippen LogP contribution in [0, 0.1) is 0 Å². The van der Waals surface area contributed by atoms with Crippen LogP contribution in [0.25, 0.3) is 0 Å². The number of carbonyl (C=O) groups excluding carboxylic acids is 1. The number of nitrogens with zero attached hydrogens (tertiary/aromatic N) is 1. The van der Waals surface area contributed by atoms with Crippen molar-refractivity contribution in [3.8, 4) is 0 Å². The van der Waals surface area contributed by atoms with E-state index in [4.69, 9.17) is 5.84 Å². The summed E-state index contributed by atoms with van der Waals surface area (Å²) in [5, 5.41) is 9.79. The van der Waals surface area contributed by atoms with Crippen LogP contribution in [-0.4, -0.2) is 41.7 Å². The van der Waals surface area contributed by atoms with Gasteiger partial charge in [-0.25, -0.2) is 5.84 Å². The number of likely N-dealkylation sites (N-methyl/N-ethyl adjacent to an activating group) is 1. The molecule has 0 saturated heterocycles. The van der Waals surface area contributed by atoms with Crippen molar-refractivity contribution in [2.75, 3.05) is 13.6 Å². The van der Waals surface area contributed by atoms with Gasteiger partial charge in [0.2, 0.25) is 5.91 Å². The minimum absolute atomic E-state index is 0.160. The fraction of sp³-hybridized carbons (Fsp3) is 0.900. The van der Waals surface area contributed by atoms with Gasteiger partial charge in [-0.3, -0.25) is 10.2 Å². The molecular formula is C10H21N3O2. The lowest BCUT2D eigenvalue weighted by Gasteiger charge is -2.35. The zero-order valence-corrected chi connectivity index (χ0v) is 9.28. The third-order valence-electron chi connectivity index (χ3n) is 3.11. The van der Waals surface area contributed by atoms with E-state index in [1.165, 1.54) is 0 Å². The minimum atomic E-state index is -0.246. The number of aliphatic hydroxyl groups excluding tert-OH is 1. The molecule has 0 radical (unpaired) electrons. The quantitative estimate of drug-likeness (QED) is 0.339. The molecule has 2 unspecified atom stereocenters. The van der Waals surface area contributed by atoms with Gasteiger partial charge in [-0.05, 0) is 19.9 Å². The van der Waals surface area contributed by atoms with Crippen molar-refractivity contribution in [2.24, 2.45) is 5.84 Å². The summed E-state index contributed by atoms with van der Waals surface area (Å²) in [5.74, 6) is 4.84. The standard InChI is InChI=1S/C10H21N3O2/c1-13(7-6-10(15)12-11)8-4-2-3-5-9(8)14/h8-9,14H,2-7,11H2,1H3,(H,12,15). The summed E-state index contributed by atoms with van der Waals surface area (Å²) in [7, 11) is 1.95. The van der Waals surface area contributed by atoms with Crippen molar-refractivity contribution in [3.05, 3.63) is 0 Å². The fourth-order valence-electron chi connectivity index (χ4n) is 2.12. The van der Waals surface area contributed by atoms with E-state index >= 15 is 0 Å². The van der Waals surface area contributed by atoms with Crippen LogP contribution in [0.4, 0.5) is 0 Å². The molecule has 1 rings (SSSR count). The van der Waals surface area contributed by atoms with Gasteiger partial charge in [0, 0.05) is 19.0 Å². The maximum Gasteiger partial charge on any atom is 0.235 e. The molecule has 15 heavy (non-hydrogen) atoms. The van der Waals surface area contributed by atoms with Crippen molar-refractivity contribution in [1.82, 2.24) is 10.3 Å². The molecule has 0 aromatic heterocycles. The van der Waals surface area contributed by atoms with Gasteiger partial charge in [-0.1, -0.05) is 12.8 Å². The van der Waals surface area contributed by atoms with E-state index < -0.39 is 0 Å². The van der Waals surface area contributed by atoms with E-state index in [1.807, 2.05) is 7.05 Å². The van der Waals surface area contributed by atoms with E-state index in [1.54, 1.807) is 0 Å². The number of carbonyl (C=O) groups is 1. The summed E-state index contributed by atoms with van der Waals surface area (Å²) in [5.41, 5.74) is 2.11. The van der Waals surface area contributed by atoms with E-state index in [2.05, 4.69) is 10.3 Å². The number of hydrogen-bond acceptors (Lipinski definition) is 4. The first-order chi connectivity index (χ1) is 7.15. The van der Waals surface area contributed by atoms with Crippen LogP contribution in [0.3, 0.4) is 0 Å². The smallest absolute Gasteiger partial charge is 0.235 e. The minimum Gasteiger partial charge on any atom is -0.391 e. The van der Waals surface area contributed by atoms with E-state index in [0.717, 1.165) is 25.7 Å². The Morgan fingerprint density at radius 3 is 2.80 bits per heavy atom. The normalized spacial score (nSPS) is 26.7. The Bertz CT molecular complexity index is 211. The van der Waals surface area contributed by atoms with Crippen LogP contribution in [0.2, 0.25) is 0 Å². The maximum atomic E-state index is 11.0. The first-order valence-electron chi connectivity index (χ1n) is 5.53. The second-order valence-corrected chi connectivity index (χ2v) is 4.22. The zero-order chi connectivity index (χ0) is 11.3. The lowest BCUT2D eigenvalue weighted by Crippen LogP contribution is -2.44. The number of hydrazine groups is 1. The molecular weight excluding hydrogens is 194 g/mol. The molecule has 88 valence electrons. The van der Waals surface area contributed by atoms with Gasteiger partial charge >= 0.3 is 0 Å². The molecule has 0 aliphatic heterocycles. The highest BCUT2D eigenvalue weighted by atomic mass is 16.3. The van der Waals surface area contributed by atoms with Crippen LogP contribution in [0.15, 0.2) is 0 Å². The van der Waals surface area contributed by atoms with Crippen molar-refractivity contribution >= 4 is 5.91 Å². The van der Waals surface area contributed by atoms with Gasteiger partial charge in [-0.2, -0.15) is 0 Å². The van der Waals surface area contributed by atoms with Gasteiger partial charge < -0.3 is 10.0 Å². The molecule has 4 N–H and O–H groups in total. The topological polar surface area (TPSA) is 78.6 Å². The Morgan fingerprint density at radius 2 is 2.20 bits per heavy atom. The Kier molecular flexibility index (Phi) is 5.01. The lowest BCUT2D eigenvalue weighted by atomic mass is 9.91. The second-order valence-electron chi connectivity index (χ2n) is 4.22.